The van der Waals surface area contributed by atoms with Crippen LogP contribution in [0.2, 0.25) is 0 Å². The van der Waals surface area contributed by atoms with E-state index in [1.54, 1.807) is 5.32 Å². The highest BCUT2D eigenvalue weighted by atomic mass is 19.4. The molecule has 0 bridgehead atoms. The lowest BCUT2D eigenvalue weighted by Crippen LogP contribution is -2.52. The Bertz CT molecular complexity index is 1080. The quantitative estimate of drug-likeness (QED) is 0.608. The zero-order valence-corrected chi connectivity index (χ0v) is 18.9. The topological polar surface area (TPSA) is 95.9 Å². The molecule has 10 heteroatoms. The number of benzene rings is 2. The Hall–Kier alpha value is -3.56. The summed E-state index contributed by atoms with van der Waals surface area (Å²) in [6.07, 6.45) is -6.76. The van der Waals surface area contributed by atoms with E-state index in [4.69, 9.17) is 9.84 Å². The van der Waals surface area contributed by atoms with E-state index >= 15 is 0 Å². The number of fused-ring (bicyclic) bond motifs is 3. The third-order valence-corrected chi connectivity index (χ3v) is 6.81. The van der Waals surface area contributed by atoms with Gasteiger partial charge < -0.3 is 20.1 Å². The summed E-state index contributed by atoms with van der Waals surface area (Å²) in [6.45, 7) is -0.156. The molecule has 2 aliphatic carbocycles. The number of ether oxygens (including phenoxy) is 1. The van der Waals surface area contributed by atoms with Crippen molar-refractivity contribution in [3.05, 3.63) is 59.7 Å². The van der Waals surface area contributed by atoms with Crippen LogP contribution in [-0.2, 0) is 14.3 Å². The number of hydrogen-bond acceptors (Lipinski definition) is 4. The molecular weight excluding hydrogens is 465 g/mol. The van der Waals surface area contributed by atoms with E-state index in [1.165, 1.54) is 7.05 Å². The Kier molecular flexibility index (Phi) is 6.73. The summed E-state index contributed by atoms with van der Waals surface area (Å²) >= 11 is 0. The fourth-order valence-corrected chi connectivity index (χ4v) is 4.66. The first-order chi connectivity index (χ1) is 16.6. The van der Waals surface area contributed by atoms with Gasteiger partial charge >= 0.3 is 18.2 Å². The summed E-state index contributed by atoms with van der Waals surface area (Å²) in [7, 11) is 1.34. The van der Waals surface area contributed by atoms with E-state index in [0.717, 1.165) is 27.2 Å². The standard InChI is InChI=1S/C25H25F3N2O5/c1-30(15-10-14(11-15)23(32)33)22(31)12-21(25(26,27)28)29-24(34)35-13-20-18-8-4-2-6-16(18)17-7-3-5-9-19(17)20/h2-9,14-15,20-21H,10-13H2,1H3,(H,29,34)(H,32,33). The molecule has 1 unspecified atom stereocenters. The number of nitrogens with zero attached hydrogens (tertiary/aromatic N) is 1. The number of nitrogens with one attached hydrogen (secondary N) is 1. The molecule has 2 amide bonds. The van der Waals surface area contributed by atoms with Gasteiger partial charge in [-0.3, -0.25) is 9.59 Å². The molecule has 0 aromatic heterocycles. The van der Waals surface area contributed by atoms with Crippen molar-refractivity contribution >= 4 is 18.0 Å². The minimum absolute atomic E-state index is 0.156. The van der Waals surface area contributed by atoms with Gasteiger partial charge in [0.25, 0.3) is 0 Å². The molecule has 0 saturated heterocycles. The normalized spacial score (nSPS) is 19.7. The molecule has 1 fully saturated rings. The molecule has 2 N–H and O–H groups in total. The number of aliphatic carboxylic acids is 1. The predicted molar refractivity (Wildman–Crippen MR) is 120 cm³/mol. The van der Waals surface area contributed by atoms with Crippen LogP contribution in [0.5, 0.6) is 0 Å². The zero-order chi connectivity index (χ0) is 25.3. The molecule has 0 radical (unpaired) electrons. The molecule has 0 spiro atoms. The number of amides is 2. The number of carboxylic acids is 1. The molecule has 2 aromatic rings. The molecule has 4 rings (SSSR count). The maximum absolute atomic E-state index is 13.6. The maximum atomic E-state index is 13.6. The second-order valence-corrected chi connectivity index (χ2v) is 8.93. The first kappa shape index (κ1) is 24.6. The van der Waals surface area contributed by atoms with Gasteiger partial charge in [-0.05, 0) is 35.1 Å². The van der Waals surface area contributed by atoms with E-state index in [0.29, 0.717) is 0 Å². The number of hydrogen-bond donors (Lipinski definition) is 2. The van der Waals surface area contributed by atoms with Gasteiger partial charge in [-0.15, -0.1) is 0 Å². The summed E-state index contributed by atoms with van der Waals surface area (Å²) in [6, 6.07) is 12.3. The van der Waals surface area contributed by atoms with Crippen LogP contribution in [-0.4, -0.2) is 59.9 Å². The number of halogens is 3. The highest BCUT2D eigenvalue weighted by Gasteiger charge is 2.45. The minimum atomic E-state index is -4.87. The van der Waals surface area contributed by atoms with Gasteiger partial charge in [-0.1, -0.05) is 48.5 Å². The average molecular weight is 490 g/mol. The van der Waals surface area contributed by atoms with Crippen LogP contribution in [0.1, 0.15) is 36.3 Å². The summed E-state index contributed by atoms with van der Waals surface area (Å²) in [4.78, 5) is 36.8. The molecular formula is C25H25F3N2O5. The number of carbonyl (C=O) groups excluding carboxylic acids is 2. The summed E-state index contributed by atoms with van der Waals surface area (Å²) in [5, 5.41) is 10.7. The SMILES string of the molecule is CN(C(=O)CC(NC(=O)OCC1c2ccccc2-c2ccccc21)C(F)(F)F)C1CC(C(=O)O)C1. The largest absolute Gasteiger partial charge is 0.481 e. The van der Waals surface area contributed by atoms with Crippen molar-refractivity contribution < 1.29 is 37.4 Å². The minimum Gasteiger partial charge on any atom is -0.481 e. The number of rotatable bonds is 7. The highest BCUT2D eigenvalue weighted by Crippen LogP contribution is 2.44. The van der Waals surface area contributed by atoms with Crippen LogP contribution in [0.15, 0.2) is 48.5 Å². The highest BCUT2D eigenvalue weighted by molar-refractivity contribution is 5.80. The first-order valence-electron chi connectivity index (χ1n) is 11.2. The number of alkyl halides is 3. The van der Waals surface area contributed by atoms with Crippen LogP contribution in [0.25, 0.3) is 11.1 Å². The van der Waals surface area contributed by atoms with Crippen molar-refractivity contribution in [2.75, 3.05) is 13.7 Å². The Morgan fingerprint density at radius 1 is 1.06 bits per heavy atom. The van der Waals surface area contributed by atoms with Crippen molar-refractivity contribution in [2.24, 2.45) is 5.92 Å². The second kappa shape index (κ2) is 9.59. The van der Waals surface area contributed by atoms with Gasteiger partial charge in [0.2, 0.25) is 5.91 Å². The Labute approximate surface area is 199 Å². The van der Waals surface area contributed by atoms with Crippen LogP contribution < -0.4 is 5.32 Å². The lowest BCUT2D eigenvalue weighted by Gasteiger charge is -2.39. The van der Waals surface area contributed by atoms with Gasteiger partial charge in [-0.25, -0.2) is 4.79 Å². The number of carboxylic acid groups (broad SMARTS) is 1. The van der Waals surface area contributed by atoms with E-state index < -0.39 is 48.6 Å². The molecule has 35 heavy (non-hydrogen) atoms. The van der Waals surface area contributed by atoms with E-state index in [-0.39, 0.29) is 25.4 Å². The van der Waals surface area contributed by atoms with Gasteiger partial charge in [0.15, 0.2) is 0 Å². The van der Waals surface area contributed by atoms with Gasteiger partial charge in [-0.2, -0.15) is 13.2 Å². The monoisotopic (exact) mass is 490 g/mol. The molecule has 186 valence electrons. The second-order valence-electron chi connectivity index (χ2n) is 8.93. The van der Waals surface area contributed by atoms with Crippen molar-refractivity contribution in [1.82, 2.24) is 10.2 Å². The van der Waals surface area contributed by atoms with Crippen LogP contribution >= 0.6 is 0 Å². The molecule has 2 aliphatic rings. The fourth-order valence-electron chi connectivity index (χ4n) is 4.66. The van der Waals surface area contributed by atoms with Crippen LogP contribution in [0, 0.1) is 5.92 Å². The fraction of sp³-hybridized carbons (Fsp3) is 0.400. The third-order valence-electron chi connectivity index (χ3n) is 6.81. The van der Waals surface area contributed by atoms with Crippen LogP contribution in [0.4, 0.5) is 18.0 Å². The number of carbonyl (C=O) groups is 3. The molecule has 0 heterocycles. The Morgan fingerprint density at radius 2 is 1.60 bits per heavy atom. The van der Waals surface area contributed by atoms with E-state index in [1.807, 2.05) is 48.5 Å². The molecule has 0 aliphatic heterocycles. The summed E-state index contributed by atoms with van der Waals surface area (Å²) in [5.74, 6) is -2.74. The summed E-state index contributed by atoms with van der Waals surface area (Å²) in [5.41, 5.74) is 3.82. The maximum Gasteiger partial charge on any atom is 0.409 e. The van der Waals surface area contributed by atoms with Crippen molar-refractivity contribution in [2.45, 2.75) is 43.4 Å². The van der Waals surface area contributed by atoms with E-state index in [9.17, 15) is 27.6 Å². The van der Waals surface area contributed by atoms with Gasteiger partial charge in [0.05, 0.1) is 12.3 Å². The predicted octanol–water partition coefficient (Wildman–Crippen LogP) is 4.17. The van der Waals surface area contributed by atoms with Gasteiger partial charge in [0, 0.05) is 19.0 Å². The van der Waals surface area contributed by atoms with Crippen molar-refractivity contribution in [3.63, 3.8) is 0 Å². The summed E-state index contributed by atoms with van der Waals surface area (Å²) < 4.78 is 45.9. The lowest BCUT2D eigenvalue weighted by atomic mass is 9.79. The Balaban J connectivity index is 1.37. The zero-order valence-electron chi connectivity index (χ0n) is 18.9. The van der Waals surface area contributed by atoms with E-state index in [2.05, 4.69) is 0 Å². The number of alkyl carbamates (subject to hydrolysis) is 1. The molecule has 2 aromatic carbocycles. The van der Waals surface area contributed by atoms with Crippen molar-refractivity contribution in [3.8, 4) is 11.1 Å². The molecule has 7 nitrogen and oxygen atoms in total. The van der Waals surface area contributed by atoms with Crippen molar-refractivity contribution in [1.29, 1.82) is 0 Å². The molecule has 1 saturated carbocycles. The molecule has 1 atom stereocenters. The Morgan fingerprint density at radius 3 is 2.11 bits per heavy atom. The lowest BCUT2D eigenvalue weighted by molar-refractivity contribution is -0.165. The van der Waals surface area contributed by atoms with Gasteiger partial charge in [0.1, 0.15) is 12.6 Å². The third kappa shape index (κ3) is 5.11. The van der Waals surface area contributed by atoms with Crippen LogP contribution in [0.3, 0.4) is 0 Å². The average Bonchev–Trinajstić information content (AvgIpc) is 3.09. The first-order valence-corrected chi connectivity index (χ1v) is 11.2. The smallest absolute Gasteiger partial charge is 0.409 e.